The number of carbonyl (C=O) groups is 4. The van der Waals surface area contributed by atoms with Crippen LogP contribution in [-0.2, 0) is 26.1 Å². The van der Waals surface area contributed by atoms with Gasteiger partial charge in [0.2, 0.25) is 5.96 Å². The molecule has 64 heavy (non-hydrogen) atoms. The summed E-state index contributed by atoms with van der Waals surface area (Å²) in [5.74, 6) is -0.378. The molecule has 0 aromatic heterocycles. The van der Waals surface area contributed by atoms with E-state index in [1.807, 2.05) is 0 Å². The van der Waals surface area contributed by atoms with E-state index in [-0.39, 0.29) is 17.6 Å². The van der Waals surface area contributed by atoms with Crippen LogP contribution in [0.15, 0.2) is 72.8 Å². The first-order valence-corrected chi connectivity index (χ1v) is 23.1. The first-order valence-electron chi connectivity index (χ1n) is 23.1. The Bertz CT molecular complexity index is 1940. The Labute approximate surface area is 384 Å². The average Bonchev–Trinajstić information content (AvgIpc) is 3.21. The predicted octanol–water partition coefficient (Wildman–Crippen LogP) is 5.87. The summed E-state index contributed by atoms with van der Waals surface area (Å²) >= 11 is 0. The second kappa shape index (κ2) is 25.4. The van der Waals surface area contributed by atoms with Gasteiger partial charge in [-0.2, -0.15) is 0 Å². The Morgan fingerprint density at radius 2 is 0.844 bits per heavy atom. The van der Waals surface area contributed by atoms with E-state index >= 15 is 0 Å². The molecule has 6 N–H and O–H groups in total. The Hall–Kier alpha value is -5.15. The van der Waals surface area contributed by atoms with Crippen molar-refractivity contribution in [2.24, 2.45) is 0 Å². The summed E-state index contributed by atoms with van der Waals surface area (Å²) in [6.07, 6.45) is 5.78. The summed E-state index contributed by atoms with van der Waals surface area (Å²) < 4.78 is 3.23. The highest BCUT2D eigenvalue weighted by atomic mass is 16.2. The number of urea groups is 2. The number of benzene rings is 3. The number of guanidine groups is 1. The zero-order chi connectivity index (χ0) is 47.4. The molecule has 0 radical (unpaired) electrons. The first kappa shape index (κ1) is 53.2. The molecule has 3 rings (SSSR count). The van der Waals surface area contributed by atoms with Crippen molar-refractivity contribution in [3.05, 3.63) is 106 Å². The molecule has 3 aromatic rings. The third-order valence-corrected chi connectivity index (χ3v) is 11.4. The molecule has 14 nitrogen and oxygen atoms in total. The average molecular weight is 887 g/mol. The SMILES string of the molecule is CCc1ccc(C[N+](C)(C)CCCCC(=O)c2ccc(C(=O)NCCC[N+](C)(C)Cc3ccc(C[N+](C)(C)CCCNC(=O)NC(=N)NC(=O)NCCC[N+](C)(C)C)cc3)cc2)cc1. The smallest absolute Gasteiger partial charge is 0.321 e. The second-order valence-electron chi connectivity index (χ2n) is 20.4. The van der Waals surface area contributed by atoms with E-state index in [9.17, 15) is 19.2 Å². The molecule has 0 aliphatic rings. The number of nitrogens with one attached hydrogen (secondary N) is 6. The van der Waals surface area contributed by atoms with E-state index in [1.54, 1.807) is 24.3 Å². The summed E-state index contributed by atoms with van der Waals surface area (Å²) in [6, 6.07) is 23.7. The zero-order valence-corrected chi connectivity index (χ0v) is 40.9. The minimum absolute atomic E-state index is 0.119. The monoisotopic (exact) mass is 887 g/mol. The normalized spacial score (nSPS) is 12.0. The van der Waals surface area contributed by atoms with Gasteiger partial charge >= 0.3 is 12.1 Å². The molecule has 0 heterocycles. The van der Waals surface area contributed by atoms with Gasteiger partial charge in [0.1, 0.15) is 19.6 Å². The van der Waals surface area contributed by atoms with E-state index in [0.717, 1.165) is 102 Å². The Morgan fingerprint density at radius 1 is 0.469 bits per heavy atom. The number of Topliss-reactive ketones (excluding diaryl/α,β-unsaturated/α-hetero) is 1. The van der Waals surface area contributed by atoms with Gasteiger partial charge in [-0.3, -0.25) is 25.6 Å². The maximum atomic E-state index is 12.9. The number of ketones is 1. The van der Waals surface area contributed by atoms with E-state index in [4.69, 9.17) is 5.41 Å². The highest BCUT2D eigenvalue weighted by molar-refractivity contribution is 6.02. The first-order chi connectivity index (χ1) is 30.0. The van der Waals surface area contributed by atoms with Crippen molar-refractivity contribution >= 4 is 29.7 Å². The second-order valence-corrected chi connectivity index (χ2v) is 20.4. The number of amides is 5. The fourth-order valence-corrected chi connectivity index (χ4v) is 7.75. The number of rotatable bonds is 26. The van der Waals surface area contributed by atoms with Crippen LogP contribution in [0, 0.1) is 5.41 Å². The number of hydrogen-bond donors (Lipinski definition) is 6. The summed E-state index contributed by atoms with van der Waals surface area (Å²) in [4.78, 5) is 50.1. The minimum Gasteiger partial charge on any atom is -0.352 e. The van der Waals surface area contributed by atoms with E-state index in [0.29, 0.717) is 37.2 Å². The molecule has 14 heteroatoms. The molecular weight excluding hydrogens is 805 g/mol. The van der Waals surface area contributed by atoms with Gasteiger partial charge in [-0.05, 0) is 37.0 Å². The van der Waals surface area contributed by atoms with Crippen molar-refractivity contribution in [1.29, 1.82) is 5.41 Å². The van der Waals surface area contributed by atoms with Gasteiger partial charge < -0.3 is 33.9 Å². The molecule has 0 unspecified atom stereocenters. The van der Waals surface area contributed by atoms with Gasteiger partial charge in [0.15, 0.2) is 5.78 Å². The molecule has 0 fully saturated rings. The van der Waals surface area contributed by atoms with Crippen LogP contribution in [0.4, 0.5) is 9.59 Å². The molecule has 0 atom stereocenters. The minimum atomic E-state index is -0.528. The van der Waals surface area contributed by atoms with Crippen LogP contribution in [0.1, 0.15) is 88.4 Å². The maximum absolute atomic E-state index is 12.9. The topological polar surface area (TPSA) is 152 Å². The molecule has 0 aliphatic carbocycles. The van der Waals surface area contributed by atoms with Gasteiger partial charge in [-0.15, -0.1) is 0 Å². The van der Waals surface area contributed by atoms with Crippen LogP contribution < -0.4 is 26.6 Å². The molecule has 352 valence electrons. The van der Waals surface area contributed by atoms with Gasteiger partial charge in [0.05, 0.1) is 89.6 Å². The molecule has 0 saturated carbocycles. The number of hydrogen-bond acceptors (Lipinski definition) is 5. The number of quaternary nitrogens is 4. The van der Waals surface area contributed by atoms with Gasteiger partial charge in [0, 0.05) is 73.1 Å². The summed E-state index contributed by atoms with van der Waals surface area (Å²) in [6.45, 7) is 10.0. The summed E-state index contributed by atoms with van der Waals surface area (Å²) in [7, 11) is 19.5. The number of carbonyl (C=O) groups excluding carboxylic acids is 4. The van der Waals surface area contributed by atoms with Crippen molar-refractivity contribution in [2.45, 2.75) is 71.5 Å². The maximum Gasteiger partial charge on any atom is 0.321 e. The summed E-state index contributed by atoms with van der Waals surface area (Å²) in [5, 5.41) is 21.1. The molecule has 0 saturated heterocycles. The van der Waals surface area contributed by atoms with E-state index in [2.05, 4.69) is 145 Å². The number of unbranched alkanes of at least 4 members (excludes halogenated alkanes) is 1. The highest BCUT2D eigenvalue weighted by Gasteiger charge is 2.20. The zero-order valence-electron chi connectivity index (χ0n) is 40.9. The largest absolute Gasteiger partial charge is 0.352 e. The Kier molecular flexibility index (Phi) is 21.1. The molecule has 3 aromatic carbocycles. The van der Waals surface area contributed by atoms with Crippen LogP contribution in [-0.4, -0.2) is 157 Å². The number of nitrogens with zero attached hydrogens (tertiary/aromatic N) is 4. The molecule has 0 aliphatic heterocycles. The molecule has 0 spiro atoms. The summed E-state index contributed by atoms with van der Waals surface area (Å²) in [5.41, 5.74) is 6.40. The van der Waals surface area contributed by atoms with Crippen molar-refractivity contribution in [3.63, 3.8) is 0 Å². The Balaban J connectivity index is 1.28. The van der Waals surface area contributed by atoms with Gasteiger partial charge in [-0.1, -0.05) is 67.6 Å². The lowest BCUT2D eigenvalue weighted by Crippen LogP contribution is -2.50. The van der Waals surface area contributed by atoms with Gasteiger partial charge in [-0.25, -0.2) is 9.59 Å². The van der Waals surface area contributed by atoms with Crippen LogP contribution in [0.5, 0.6) is 0 Å². The lowest BCUT2D eigenvalue weighted by molar-refractivity contribution is -0.904. The predicted molar refractivity (Wildman–Crippen MR) is 259 cm³/mol. The Morgan fingerprint density at radius 3 is 1.27 bits per heavy atom. The standard InChI is InChI=1S/C50H79N10O4/c1-11-40-18-20-41(21-19-40)37-58(5,6)34-13-12-17-46(61)44-26-28-45(29-27-44)47(62)52-30-15-35-59(7,8)38-42-22-24-43(25-23-42)39-60(9,10)36-16-32-54-50(64)56-48(51)55-49(63)53-31-14-33-57(2,3)4/h18-29H,11-17,30-39H2,1-10H3,(H3-3,51,52,53,54,55,56,62,63,64)/q+1/p+3. The van der Waals surface area contributed by atoms with Gasteiger partial charge in [0.25, 0.3) is 5.91 Å². The van der Waals surface area contributed by atoms with Crippen molar-refractivity contribution in [2.75, 3.05) is 109 Å². The van der Waals surface area contributed by atoms with E-state index < -0.39 is 12.1 Å². The van der Waals surface area contributed by atoms with Crippen molar-refractivity contribution < 1.29 is 37.1 Å². The van der Waals surface area contributed by atoms with Crippen LogP contribution in [0.3, 0.4) is 0 Å². The lowest BCUT2D eigenvalue weighted by atomic mass is 10.0. The number of aryl methyl sites for hydroxylation is 1. The van der Waals surface area contributed by atoms with Crippen LogP contribution >= 0.6 is 0 Å². The lowest BCUT2D eigenvalue weighted by Gasteiger charge is -2.31. The fraction of sp³-hybridized carbons (Fsp3) is 0.540. The highest BCUT2D eigenvalue weighted by Crippen LogP contribution is 2.17. The van der Waals surface area contributed by atoms with Crippen LogP contribution in [0.25, 0.3) is 0 Å². The molecular formula is C50H82N10O4+4. The van der Waals surface area contributed by atoms with E-state index in [1.165, 1.54) is 22.3 Å². The third-order valence-electron chi connectivity index (χ3n) is 11.4. The fourth-order valence-electron chi connectivity index (χ4n) is 7.75. The molecule has 5 amide bonds. The van der Waals surface area contributed by atoms with Crippen molar-refractivity contribution in [1.82, 2.24) is 26.6 Å². The quantitative estimate of drug-likeness (QED) is 0.0197. The van der Waals surface area contributed by atoms with Crippen molar-refractivity contribution in [3.8, 4) is 0 Å². The van der Waals surface area contributed by atoms with Crippen LogP contribution in [0.2, 0.25) is 0 Å². The molecule has 0 bridgehead atoms. The third kappa shape index (κ3) is 22.0.